The van der Waals surface area contributed by atoms with Gasteiger partial charge in [-0.25, -0.2) is 0 Å². The number of amides is 1. The van der Waals surface area contributed by atoms with Gasteiger partial charge in [0, 0.05) is 29.6 Å². The van der Waals surface area contributed by atoms with E-state index < -0.39 is 5.97 Å². The topological polar surface area (TPSA) is 80.6 Å². The number of fused-ring (bicyclic) bond motifs is 1. The molecular weight excluding hydrogens is 536 g/mol. The number of hydrogen-bond donors (Lipinski definition) is 2. The molecule has 1 atom stereocenters. The van der Waals surface area contributed by atoms with Gasteiger partial charge in [-0.15, -0.1) is 0 Å². The maximum atomic E-state index is 13.0. The van der Waals surface area contributed by atoms with Crippen molar-refractivity contribution in [2.45, 2.75) is 39.7 Å². The van der Waals surface area contributed by atoms with Crippen molar-refractivity contribution in [2.24, 2.45) is 0 Å². The third-order valence-corrected chi connectivity index (χ3v) is 7.62. The Morgan fingerprint density at radius 1 is 0.930 bits per heavy atom. The van der Waals surface area contributed by atoms with E-state index in [1.165, 1.54) is 22.3 Å². The number of rotatable bonds is 11. The van der Waals surface area contributed by atoms with Crippen LogP contribution in [-0.2, 0) is 9.59 Å². The number of nitrogens with zero attached hydrogens (tertiary/aromatic N) is 1. The van der Waals surface area contributed by atoms with Crippen molar-refractivity contribution in [3.05, 3.63) is 137 Å². The second-order valence-corrected chi connectivity index (χ2v) is 10.8. The first-order valence-electron chi connectivity index (χ1n) is 14.5. The van der Waals surface area contributed by atoms with Crippen LogP contribution in [0.2, 0.25) is 0 Å². The van der Waals surface area contributed by atoms with Crippen LogP contribution in [0.25, 0.3) is 16.5 Å². The summed E-state index contributed by atoms with van der Waals surface area (Å²) in [4.78, 5) is 23.7. The molecule has 0 aliphatic rings. The Bertz CT molecular complexity index is 1780. The van der Waals surface area contributed by atoms with Crippen molar-refractivity contribution in [1.29, 1.82) is 0 Å². The number of aryl methyl sites for hydroxylation is 2. The molecule has 0 saturated carbocycles. The molecule has 0 spiro atoms. The van der Waals surface area contributed by atoms with Crippen LogP contribution in [0.1, 0.15) is 53.6 Å². The average Bonchev–Trinajstić information content (AvgIpc) is 3.41. The van der Waals surface area contributed by atoms with E-state index in [0.29, 0.717) is 17.9 Å². The number of carbonyl (C=O) groups excluding carboxylic acids is 1. The van der Waals surface area contributed by atoms with Crippen LogP contribution in [0.3, 0.4) is 0 Å². The molecule has 0 fully saturated rings. The van der Waals surface area contributed by atoms with Crippen molar-refractivity contribution in [3.8, 4) is 5.75 Å². The first kappa shape index (κ1) is 29.4. The molecule has 5 rings (SSSR count). The Balaban J connectivity index is 1.38. The molecule has 6 heteroatoms. The fraction of sp³-hybridized carbons (Fsp3) is 0.189. The number of carbonyl (C=O) groups is 2. The summed E-state index contributed by atoms with van der Waals surface area (Å²) in [6.45, 7) is 6.44. The third kappa shape index (κ3) is 7.04. The molecule has 5 aromatic rings. The van der Waals surface area contributed by atoms with Gasteiger partial charge in [0.2, 0.25) is 5.91 Å². The molecular formula is C37H36N2O4. The summed E-state index contributed by atoms with van der Waals surface area (Å²) in [5.41, 5.74) is 8.40. The molecule has 0 aliphatic carbocycles. The van der Waals surface area contributed by atoms with E-state index >= 15 is 0 Å². The number of nitrogens with one attached hydrogen (secondary N) is 1. The first-order chi connectivity index (χ1) is 20.8. The monoisotopic (exact) mass is 572 g/mol. The van der Waals surface area contributed by atoms with Crippen LogP contribution < -0.4 is 10.1 Å². The summed E-state index contributed by atoms with van der Waals surface area (Å²) in [5.74, 6) is -0.625. The fourth-order valence-electron chi connectivity index (χ4n) is 5.32. The van der Waals surface area contributed by atoms with Gasteiger partial charge in [0.1, 0.15) is 5.75 Å². The highest BCUT2D eigenvalue weighted by Crippen LogP contribution is 2.34. The van der Waals surface area contributed by atoms with E-state index in [1.54, 1.807) is 18.2 Å². The Morgan fingerprint density at radius 3 is 2.44 bits per heavy atom. The molecule has 1 aromatic heterocycles. The molecule has 1 amide bonds. The van der Waals surface area contributed by atoms with Crippen molar-refractivity contribution >= 4 is 34.0 Å². The van der Waals surface area contributed by atoms with Gasteiger partial charge in [0.05, 0.1) is 18.3 Å². The minimum Gasteiger partial charge on any atom is -0.491 e. The molecule has 43 heavy (non-hydrogen) atoms. The van der Waals surface area contributed by atoms with Crippen LogP contribution in [0.15, 0.2) is 109 Å². The lowest BCUT2D eigenvalue weighted by Gasteiger charge is -2.23. The summed E-state index contributed by atoms with van der Waals surface area (Å²) >= 11 is 0. The normalized spacial score (nSPS) is 12.2. The number of allylic oxidation sites excluding steroid dienone is 1. The van der Waals surface area contributed by atoms with Crippen LogP contribution in [0, 0.1) is 13.8 Å². The van der Waals surface area contributed by atoms with Crippen molar-refractivity contribution in [3.63, 3.8) is 0 Å². The number of hydrogen-bond acceptors (Lipinski definition) is 3. The predicted octanol–water partition coefficient (Wildman–Crippen LogP) is 8.18. The number of aromatic nitrogens is 1. The molecule has 0 saturated heterocycles. The molecule has 2 N–H and O–H groups in total. The van der Waals surface area contributed by atoms with Crippen LogP contribution in [0.5, 0.6) is 5.75 Å². The molecule has 1 heterocycles. The van der Waals surface area contributed by atoms with Crippen LogP contribution >= 0.6 is 0 Å². The zero-order chi connectivity index (χ0) is 30.3. The van der Waals surface area contributed by atoms with Gasteiger partial charge < -0.3 is 19.7 Å². The number of aliphatic carboxylic acids is 1. The summed E-state index contributed by atoms with van der Waals surface area (Å²) < 4.78 is 8.05. The fourth-order valence-corrected chi connectivity index (χ4v) is 5.32. The molecule has 6 nitrogen and oxygen atoms in total. The number of carboxylic acids is 1. The molecule has 218 valence electrons. The quantitative estimate of drug-likeness (QED) is 0.124. The van der Waals surface area contributed by atoms with Gasteiger partial charge in [-0.05, 0) is 85.4 Å². The number of para-hydroxylation sites is 2. The van der Waals surface area contributed by atoms with E-state index in [0.717, 1.165) is 22.0 Å². The van der Waals surface area contributed by atoms with E-state index in [1.807, 2.05) is 19.1 Å². The lowest BCUT2D eigenvalue weighted by atomic mass is 9.94. The lowest BCUT2D eigenvalue weighted by molar-refractivity contribution is -0.137. The van der Waals surface area contributed by atoms with Gasteiger partial charge >= 0.3 is 5.97 Å². The largest absolute Gasteiger partial charge is 0.491 e. The number of anilines is 1. The number of carboxylic acid groups (broad SMARTS) is 1. The van der Waals surface area contributed by atoms with Crippen LogP contribution in [-0.4, -0.2) is 28.2 Å². The number of ether oxygens (including phenoxy) is 1. The number of benzene rings is 4. The minimum absolute atomic E-state index is 0.0268. The van der Waals surface area contributed by atoms with Crippen molar-refractivity contribution < 1.29 is 19.4 Å². The molecule has 0 radical (unpaired) electrons. The molecule has 4 aromatic carbocycles. The van der Waals surface area contributed by atoms with Gasteiger partial charge in [-0.3, -0.25) is 9.59 Å². The smallest absolute Gasteiger partial charge is 0.303 e. The zero-order valence-corrected chi connectivity index (χ0v) is 24.7. The Kier molecular flexibility index (Phi) is 9.06. The summed E-state index contributed by atoms with van der Waals surface area (Å²) in [5, 5.41) is 12.8. The van der Waals surface area contributed by atoms with E-state index in [4.69, 9.17) is 9.84 Å². The standard InChI is InChI=1S/C37H36N2O4/c1-25-14-16-28(17-15-25)37(31-10-5-4-9-26(31)2)39-21-20-30-24-29(18-19-33(30)39)27(3)23-35(40)38-32-11-6-7-12-34(32)43-22-8-13-36(41)42/h4-7,9-12,14-21,23-24,37H,8,13,22H2,1-3H3,(H,38,40)(H,41,42)/b27-23+. The van der Waals surface area contributed by atoms with Crippen LogP contribution in [0.4, 0.5) is 5.69 Å². The van der Waals surface area contributed by atoms with Gasteiger partial charge in [-0.1, -0.05) is 72.3 Å². The lowest BCUT2D eigenvalue weighted by Crippen LogP contribution is -2.12. The highest BCUT2D eigenvalue weighted by molar-refractivity contribution is 6.05. The maximum absolute atomic E-state index is 13.0. The molecule has 0 aliphatic heterocycles. The minimum atomic E-state index is -0.863. The highest BCUT2D eigenvalue weighted by atomic mass is 16.5. The third-order valence-electron chi connectivity index (χ3n) is 7.62. The van der Waals surface area contributed by atoms with Crippen molar-refractivity contribution in [2.75, 3.05) is 11.9 Å². The maximum Gasteiger partial charge on any atom is 0.303 e. The second-order valence-electron chi connectivity index (χ2n) is 10.8. The van der Waals surface area contributed by atoms with E-state index in [9.17, 15) is 9.59 Å². The highest BCUT2D eigenvalue weighted by Gasteiger charge is 2.20. The molecule has 1 unspecified atom stereocenters. The van der Waals surface area contributed by atoms with Gasteiger partial charge in [0.25, 0.3) is 0 Å². The van der Waals surface area contributed by atoms with Gasteiger partial charge in [-0.2, -0.15) is 0 Å². The predicted molar refractivity (Wildman–Crippen MR) is 173 cm³/mol. The zero-order valence-electron chi connectivity index (χ0n) is 24.7. The summed E-state index contributed by atoms with van der Waals surface area (Å²) in [6, 6.07) is 32.9. The Hall–Kier alpha value is -5.10. The first-order valence-corrected chi connectivity index (χ1v) is 14.5. The summed E-state index contributed by atoms with van der Waals surface area (Å²) in [7, 11) is 0. The van der Waals surface area contributed by atoms with Crippen molar-refractivity contribution in [1.82, 2.24) is 4.57 Å². The Morgan fingerprint density at radius 2 is 1.67 bits per heavy atom. The van der Waals surface area contributed by atoms with E-state index in [2.05, 4.69) is 103 Å². The summed E-state index contributed by atoms with van der Waals surface area (Å²) in [6.07, 6.45) is 4.15. The second kappa shape index (κ2) is 13.3. The Labute approximate surface area is 252 Å². The van der Waals surface area contributed by atoms with Gasteiger partial charge in [0.15, 0.2) is 0 Å². The SMILES string of the molecule is C/C(=C\C(=O)Nc1ccccc1OCCCC(=O)O)c1ccc2c(ccn2C(c2ccc(C)cc2)c2ccccc2C)c1. The molecule has 0 bridgehead atoms. The average molecular weight is 573 g/mol. The van der Waals surface area contributed by atoms with E-state index in [-0.39, 0.29) is 25.0 Å².